The van der Waals surface area contributed by atoms with Crippen LogP contribution in [0.2, 0.25) is 0 Å². The van der Waals surface area contributed by atoms with Crippen LogP contribution in [0.1, 0.15) is 56.9 Å². The summed E-state index contributed by atoms with van der Waals surface area (Å²) in [6, 6.07) is 0. The number of hydrogen-bond donors (Lipinski definition) is 0. The number of aryl methyl sites for hydroxylation is 1. The number of carbonyl (C=O) groups is 1. The van der Waals surface area contributed by atoms with Crippen LogP contribution in [0, 0.1) is 11.8 Å². The van der Waals surface area contributed by atoms with Crippen LogP contribution in [0.3, 0.4) is 0 Å². The van der Waals surface area contributed by atoms with E-state index in [1.54, 1.807) is 11.3 Å². The molecule has 0 saturated carbocycles. The SMILES string of the molecule is CC(C)Cn1c(SCC(=O)N2CCCCC2)nc2sc3c(c2c1=O)CCC(C)C3. The summed E-state index contributed by atoms with van der Waals surface area (Å²) in [5.41, 5.74) is 1.32. The molecule has 1 saturated heterocycles. The average molecular weight is 434 g/mol. The van der Waals surface area contributed by atoms with Gasteiger partial charge in [0.1, 0.15) is 4.83 Å². The summed E-state index contributed by atoms with van der Waals surface area (Å²) in [5.74, 6) is 1.54. The molecule has 1 aliphatic carbocycles. The van der Waals surface area contributed by atoms with E-state index in [4.69, 9.17) is 4.98 Å². The van der Waals surface area contributed by atoms with E-state index in [-0.39, 0.29) is 11.5 Å². The van der Waals surface area contributed by atoms with Gasteiger partial charge >= 0.3 is 0 Å². The molecule has 2 aromatic rings. The number of hydrogen-bond acceptors (Lipinski definition) is 5. The van der Waals surface area contributed by atoms with Crippen molar-refractivity contribution in [2.24, 2.45) is 11.8 Å². The molecule has 1 amide bonds. The molecule has 5 nitrogen and oxygen atoms in total. The summed E-state index contributed by atoms with van der Waals surface area (Å²) in [5, 5.41) is 1.54. The molecule has 0 radical (unpaired) electrons. The average Bonchev–Trinajstić information content (AvgIpc) is 3.06. The normalized spacial score (nSPS) is 19.7. The Labute approximate surface area is 180 Å². The van der Waals surface area contributed by atoms with Crippen molar-refractivity contribution in [3.63, 3.8) is 0 Å². The van der Waals surface area contributed by atoms with Gasteiger partial charge in [-0.05, 0) is 55.9 Å². The van der Waals surface area contributed by atoms with Gasteiger partial charge in [-0.15, -0.1) is 11.3 Å². The molecule has 1 fully saturated rings. The van der Waals surface area contributed by atoms with Crippen molar-refractivity contribution < 1.29 is 4.79 Å². The van der Waals surface area contributed by atoms with Crippen LogP contribution in [-0.4, -0.2) is 39.2 Å². The minimum atomic E-state index is 0.0867. The van der Waals surface area contributed by atoms with Crippen molar-refractivity contribution in [3.05, 3.63) is 20.8 Å². The zero-order valence-electron chi connectivity index (χ0n) is 17.7. The predicted molar refractivity (Wildman–Crippen MR) is 121 cm³/mol. The predicted octanol–water partition coefficient (Wildman–Crippen LogP) is 4.34. The van der Waals surface area contributed by atoms with E-state index in [2.05, 4.69) is 20.8 Å². The maximum Gasteiger partial charge on any atom is 0.263 e. The Kier molecular flexibility index (Phi) is 6.35. The van der Waals surface area contributed by atoms with Crippen molar-refractivity contribution in [2.75, 3.05) is 18.8 Å². The van der Waals surface area contributed by atoms with E-state index in [9.17, 15) is 9.59 Å². The van der Waals surface area contributed by atoms with E-state index in [0.717, 1.165) is 55.4 Å². The number of fused-ring (bicyclic) bond motifs is 3. The third kappa shape index (κ3) is 4.41. The van der Waals surface area contributed by atoms with Gasteiger partial charge < -0.3 is 4.90 Å². The Balaban J connectivity index is 1.66. The van der Waals surface area contributed by atoms with Crippen LogP contribution in [0.25, 0.3) is 10.2 Å². The molecule has 1 aliphatic heterocycles. The first-order valence-electron chi connectivity index (χ1n) is 10.9. The number of piperidine rings is 1. The van der Waals surface area contributed by atoms with Crippen molar-refractivity contribution in [1.82, 2.24) is 14.5 Å². The monoisotopic (exact) mass is 433 g/mol. The summed E-state index contributed by atoms with van der Waals surface area (Å²) in [4.78, 5) is 35.2. The Morgan fingerprint density at radius 1 is 1.28 bits per heavy atom. The lowest BCUT2D eigenvalue weighted by molar-refractivity contribution is -0.129. The highest BCUT2D eigenvalue weighted by Gasteiger charge is 2.25. The van der Waals surface area contributed by atoms with Crippen LogP contribution in [0.4, 0.5) is 0 Å². The summed E-state index contributed by atoms with van der Waals surface area (Å²) < 4.78 is 1.83. The van der Waals surface area contributed by atoms with Gasteiger partial charge in [-0.3, -0.25) is 14.2 Å². The fourth-order valence-corrected chi connectivity index (χ4v) is 6.74. The molecule has 0 aromatic carbocycles. The molecule has 0 N–H and O–H groups in total. The van der Waals surface area contributed by atoms with Crippen LogP contribution >= 0.6 is 23.1 Å². The third-order valence-electron chi connectivity index (χ3n) is 5.96. The largest absolute Gasteiger partial charge is 0.342 e. The summed E-state index contributed by atoms with van der Waals surface area (Å²) in [6.07, 6.45) is 6.58. The van der Waals surface area contributed by atoms with E-state index in [0.29, 0.717) is 29.3 Å². The lowest BCUT2D eigenvalue weighted by atomic mass is 9.89. The molecule has 7 heteroatoms. The van der Waals surface area contributed by atoms with Crippen LogP contribution < -0.4 is 5.56 Å². The third-order valence-corrected chi connectivity index (χ3v) is 8.07. The van der Waals surface area contributed by atoms with E-state index < -0.39 is 0 Å². The smallest absolute Gasteiger partial charge is 0.263 e. The van der Waals surface area contributed by atoms with Gasteiger partial charge in [-0.25, -0.2) is 4.98 Å². The van der Waals surface area contributed by atoms with E-state index in [1.807, 2.05) is 9.47 Å². The van der Waals surface area contributed by atoms with Gasteiger partial charge in [-0.2, -0.15) is 0 Å². The minimum absolute atomic E-state index is 0.0867. The van der Waals surface area contributed by atoms with Gasteiger partial charge in [0.25, 0.3) is 5.56 Å². The standard InChI is InChI=1S/C22H31N3O2S2/c1-14(2)12-25-21(27)19-16-8-7-15(3)11-17(16)29-20(19)23-22(25)28-13-18(26)24-9-5-4-6-10-24/h14-15H,4-13H2,1-3H3. The minimum Gasteiger partial charge on any atom is -0.342 e. The molecule has 0 bridgehead atoms. The zero-order valence-corrected chi connectivity index (χ0v) is 19.3. The lowest BCUT2D eigenvalue weighted by Gasteiger charge is -2.26. The first-order valence-corrected chi connectivity index (χ1v) is 12.7. The number of carbonyl (C=O) groups excluding carboxylic acids is 1. The molecule has 1 atom stereocenters. The van der Waals surface area contributed by atoms with Gasteiger partial charge in [0.05, 0.1) is 11.1 Å². The molecular formula is C22H31N3O2S2. The quantitative estimate of drug-likeness (QED) is 0.520. The number of amides is 1. The van der Waals surface area contributed by atoms with Gasteiger partial charge in [-0.1, -0.05) is 32.5 Å². The second-order valence-electron chi connectivity index (χ2n) is 8.97. The highest BCUT2D eigenvalue weighted by atomic mass is 32.2. The van der Waals surface area contributed by atoms with Crippen molar-refractivity contribution >= 4 is 39.2 Å². The Hall–Kier alpha value is -1.34. The van der Waals surface area contributed by atoms with Crippen molar-refractivity contribution in [1.29, 1.82) is 0 Å². The van der Waals surface area contributed by atoms with Gasteiger partial charge in [0, 0.05) is 24.5 Å². The van der Waals surface area contributed by atoms with E-state index >= 15 is 0 Å². The zero-order chi connectivity index (χ0) is 20.5. The second kappa shape index (κ2) is 8.80. The number of thiophene rings is 1. The summed E-state index contributed by atoms with van der Waals surface area (Å²) >= 11 is 3.12. The van der Waals surface area contributed by atoms with Gasteiger partial charge in [0.15, 0.2) is 5.16 Å². The van der Waals surface area contributed by atoms with Crippen LogP contribution in [0.5, 0.6) is 0 Å². The second-order valence-corrected chi connectivity index (χ2v) is 11.0. The molecule has 158 valence electrons. The highest BCUT2D eigenvalue weighted by Crippen LogP contribution is 2.36. The Bertz CT molecular complexity index is 957. The Morgan fingerprint density at radius 3 is 2.76 bits per heavy atom. The lowest BCUT2D eigenvalue weighted by Crippen LogP contribution is -2.37. The number of thioether (sulfide) groups is 1. The molecule has 29 heavy (non-hydrogen) atoms. The number of likely N-dealkylation sites (tertiary alicyclic amines) is 1. The topological polar surface area (TPSA) is 55.2 Å². The molecule has 0 spiro atoms. The molecular weight excluding hydrogens is 402 g/mol. The molecule has 1 unspecified atom stereocenters. The van der Waals surface area contributed by atoms with E-state index in [1.165, 1.54) is 28.6 Å². The van der Waals surface area contributed by atoms with Gasteiger partial charge in [0.2, 0.25) is 5.91 Å². The molecule has 2 aromatic heterocycles. The summed E-state index contributed by atoms with van der Waals surface area (Å²) in [6.45, 7) is 8.89. The van der Waals surface area contributed by atoms with Crippen molar-refractivity contribution in [3.8, 4) is 0 Å². The molecule has 4 rings (SSSR count). The Morgan fingerprint density at radius 2 is 2.03 bits per heavy atom. The molecule has 2 aliphatic rings. The highest BCUT2D eigenvalue weighted by molar-refractivity contribution is 7.99. The number of aromatic nitrogens is 2. The maximum absolute atomic E-state index is 13.5. The first kappa shape index (κ1) is 20.9. The maximum atomic E-state index is 13.5. The first-order chi connectivity index (χ1) is 13.9. The van der Waals surface area contributed by atoms with Crippen LogP contribution in [0.15, 0.2) is 9.95 Å². The molecule has 3 heterocycles. The fraction of sp³-hybridized carbons (Fsp3) is 0.682. The number of nitrogens with zero attached hydrogens (tertiary/aromatic N) is 3. The van der Waals surface area contributed by atoms with Crippen molar-refractivity contribution in [2.45, 2.75) is 71.0 Å². The fourth-order valence-electron chi connectivity index (χ4n) is 4.40. The summed E-state index contributed by atoms with van der Waals surface area (Å²) in [7, 11) is 0. The van der Waals surface area contributed by atoms with Crippen LogP contribution in [-0.2, 0) is 24.2 Å². The number of rotatable bonds is 5.